The van der Waals surface area contributed by atoms with Gasteiger partial charge in [-0.15, -0.1) is 0 Å². The number of likely N-dealkylation sites (tertiary alicyclic amines) is 1. The first-order valence-corrected chi connectivity index (χ1v) is 13.8. The van der Waals surface area contributed by atoms with Gasteiger partial charge < -0.3 is 15.0 Å². The second kappa shape index (κ2) is 11.2. The Labute approximate surface area is 231 Å². The van der Waals surface area contributed by atoms with Crippen LogP contribution >= 0.6 is 0 Å². The van der Waals surface area contributed by atoms with E-state index in [9.17, 15) is 0 Å². The summed E-state index contributed by atoms with van der Waals surface area (Å²) in [6.07, 6.45) is 21.6. The number of rotatable bonds is 6. The van der Waals surface area contributed by atoms with Crippen molar-refractivity contribution >= 4 is 5.84 Å². The zero-order valence-corrected chi connectivity index (χ0v) is 22.9. The summed E-state index contributed by atoms with van der Waals surface area (Å²) in [4.78, 5) is 7.41. The monoisotopic (exact) mass is 513 g/mol. The van der Waals surface area contributed by atoms with Gasteiger partial charge >= 0.3 is 0 Å². The van der Waals surface area contributed by atoms with Crippen LogP contribution in [0.15, 0.2) is 112 Å². The standard InChI is InChI=1S/C33H41N3O.CH4.H2/c1-7-26-25(17-22(3)31-11-9-10-16-37-31)18-30(29-19-28(26)29)35-24(5)27-20-32(34-21-23(27)4)36-14-12-33(6,8-2)13-15-36;;/h7,10-11,16-20,23,28,35H,3,5,8-9,12-15,21H2,1-2,4,6H3;1H4;1H/b25-17-,26-7+;;. The number of amidine groups is 1. The van der Waals surface area contributed by atoms with Gasteiger partial charge in [-0.25, -0.2) is 0 Å². The van der Waals surface area contributed by atoms with E-state index in [1.54, 1.807) is 6.26 Å². The van der Waals surface area contributed by atoms with Gasteiger partial charge in [0.15, 0.2) is 0 Å². The van der Waals surface area contributed by atoms with Crippen LogP contribution in [-0.4, -0.2) is 30.4 Å². The van der Waals surface area contributed by atoms with E-state index in [1.165, 1.54) is 41.6 Å². The molecule has 0 aromatic heterocycles. The number of ether oxygens (including phenoxy) is 1. The van der Waals surface area contributed by atoms with Crippen LogP contribution in [-0.2, 0) is 4.74 Å². The zero-order valence-electron chi connectivity index (χ0n) is 22.9. The molecule has 5 aliphatic rings. The molecule has 5 rings (SSSR count). The smallest absolute Gasteiger partial charge is 0.129 e. The maximum Gasteiger partial charge on any atom is 0.129 e. The maximum atomic E-state index is 5.68. The third-order valence-corrected chi connectivity index (χ3v) is 8.66. The van der Waals surface area contributed by atoms with Crippen molar-refractivity contribution in [2.45, 2.75) is 60.8 Å². The van der Waals surface area contributed by atoms with Gasteiger partial charge in [0, 0.05) is 49.9 Å². The van der Waals surface area contributed by atoms with Crippen LogP contribution in [0.1, 0.15) is 62.2 Å². The van der Waals surface area contributed by atoms with Crippen LogP contribution < -0.4 is 5.32 Å². The molecule has 0 aromatic rings. The largest absolute Gasteiger partial charge is 0.465 e. The SMILES string of the molecule is C.C=C(/C=C1/C=C(NC(=C)C2=CC(N3CCC(C)(CC)CC3)=NCC2C)C2=CC2/C1=C/C)C1=CCC=CO1.[HH]. The van der Waals surface area contributed by atoms with Crippen molar-refractivity contribution in [1.82, 2.24) is 10.2 Å². The molecule has 0 spiro atoms. The molecule has 204 valence electrons. The molecule has 38 heavy (non-hydrogen) atoms. The molecule has 1 N–H and O–H groups in total. The molecule has 3 heterocycles. The predicted octanol–water partition coefficient (Wildman–Crippen LogP) is 8.16. The van der Waals surface area contributed by atoms with E-state index >= 15 is 0 Å². The van der Waals surface area contributed by atoms with Crippen molar-refractivity contribution in [3.05, 3.63) is 107 Å². The highest BCUT2D eigenvalue weighted by Gasteiger charge is 2.37. The van der Waals surface area contributed by atoms with Crippen LogP contribution in [0.5, 0.6) is 0 Å². The maximum absolute atomic E-state index is 5.68. The molecule has 4 nitrogen and oxygen atoms in total. The van der Waals surface area contributed by atoms with Crippen LogP contribution in [0, 0.1) is 17.3 Å². The van der Waals surface area contributed by atoms with Crippen molar-refractivity contribution in [2.24, 2.45) is 22.2 Å². The molecule has 0 bridgehead atoms. The lowest BCUT2D eigenvalue weighted by Crippen LogP contribution is -2.42. The van der Waals surface area contributed by atoms with Gasteiger partial charge in [0.1, 0.15) is 11.6 Å². The lowest BCUT2D eigenvalue weighted by atomic mass is 9.78. The number of fused-ring (bicyclic) bond motifs is 1. The number of nitrogens with one attached hydrogen (secondary N) is 1. The van der Waals surface area contributed by atoms with Crippen molar-refractivity contribution in [2.75, 3.05) is 19.6 Å². The molecule has 1 fully saturated rings. The minimum absolute atomic E-state index is 0. The highest BCUT2D eigenvalue weighted by atomic mass is 16.5. The summed E-state index contributed by atoms with van der Waals surface area (Å²) in [7, 11) is 0. The Hall–Kier alpha value is -3.27. The molecule has 4 heteroatoms. The minimum Gasteiger partial charge on any atom is -0.465 e. The van der Waals surface area contributed by atoms with E-state index in [-0.39, 0.29) is 8.85 Å². The topological polar surface area (TPSA) is 36.9 Å². The van der Waals surface area contributed by atoms with E-state index in [0.717, 1.165) is 54.6 Å². The van der Waals surface area contributed by atoms with Crippen molar-refractivity contribution in [1.29, 1.82) is 0 Å². The molecule has 0 saturated carbocycles. The Morgan fingerprint density at radius 1 is 1.29 bits per heavy atom. The van der Waals surface area contributed by atoms with Gasteiger partial charge in [-0.3, -0.25) is 4.99 Å². The lowest BCUT2D eigenvalue weighted by Gasteiger charge is -2.40. The third kappa shape index (κ3) is 5.60. The Bertz CT molecular complexity index is 1240. The molecular formula is C34H47N3O. The second-order valence-electron chi connectivity index (χ2n) is 11.3. The Morgan fingerprint density at radius 3 is 2.71 bits per heavy atom. The molecule has 3 aliphatic heterocycles. The van der Waals surface area contributed by atoms with E-state index in [0.29, 0.717) is 17.3 Å². The first-order valence-electron chi connectivity index (χ1n) is 13.8. The Balaban J connectivity index is 0.00000210. The third-order valence-electron chi connectivity index (χ3n) is 8.66. The number of hydrogen-bond acceptors (Lipinski definition) is 4. The number of aliphatic imine (C=N–C) groups is 1. The predicted molar refractivity (Wildman–Crippen MR) is 163 cm³/mol. The van der Waals surface area contributed by atoms with E-state index < -0.39 is 0 Å². The minimum atomic E-state index is 0. The van der Waals surface area contributed by atoms with Gasteiger partial charge in [-0.2, -0.15) is 0 Å². The molecule has 0 radical (unpaired) electrons. The number of dihydropyridines is 1. The number of allylic oxidation sites excluding steroid dienone is 10. The average Bonchev–Trinajstić information content (AvgIpc) is 3.71. The number of nitrogens with zero attached hydrogens (tertiary/aromatic N) is 2. The summed E-state index contributed by atoms with van der Waals surface area (Å²) in [6.45, 7) is 20.8. The van der Waals surface area contributed by atoms with Gasteiger partial charge in [0.2, 0.25) is 0 Å². The van der Waals surface area contributed by atoms with Crippen LogP contribution in [0.2, 0.25) is 0 Å². The number of hydrogen-bond donors (Lipinski definition) is 1. The average molecular weight is 514 g/mol. The first-order chi connectivity index (χ1) is 17.8. The summed E-state index contributed by atoms with van der Waals surface area (Å²) in [5.74, 6) is 2.66. The molecule has 2 aliphatic carbocycles. The van der Waals surface area contributed by atoms with E-state index in [4.69, 9.17) is 9.73 Å². The summed E-state index contributed by atoms with van der Waals surface area (Å²) in [6, 6.07) is 0. The van der Waals surface area contributed by atoms with Crippen molar-refractivity contribution < 1.29 is 6.16 Å². The first kappa shape index (κ1) is 27.8. The van der Waals surface area contributed by atoms with Crippen LogP contribution in [0.4, 0.5) is 0 Å². The summed E-state index contributed by atoms with van der Waals surface area (Å²) < 4.78 is 5.68. The normalized spacial score (nSPS) is 27.6. The molecular weight excluding hydrogens is 466 g/mol. The fraction of sp³-hybridized carbons (Fsp3) is 0.441. The van der Waals surface area contributed by atoms with Crippen LogP contribution in [0.25, 0.3) is 0 Å². The molecule has 0 amide bonds. The molecule has 1 saturated heterocycles. The van der Waals surface area contributed by atoms with E-state index in [2.05, 4.69) is 87.5 Å². The van der Waals surface area contributed by atoms with Crippen molar-refractivity contribution in [3.63, 3.8) is 0 Å². The highest BCUT2D eigenvalue weighted by molar-refractivity contribution is 5.95. The fourth-order valence-corrected chi connectivity index (χ4v) is 5.69. The summed E-state index contributed by atoms with van der Waals surface area (Å²) >= 11 is 0. The van der Waals surface area contributed by atoms with Crippen LogP contribution in [0.3, 0.4) is 0 Å². The fourth-order valence-electron chi connectivity index (χ4n) is 5.69. The van der Waals surface area contributed by atoms with Gasteiger partial charge in [0.25, 0.3) is 0 Å². The van der Waals surface area contributed by atoms with Gasteiger partial charge in [0.05, 0.1) is 6.26 Å². The summed E-state index contributed by atoms with van der Waals surface area (Å²) in [5, 5.41) is 3.69. The molecule has 2 atom stereocenters. The molecule has 2 unspecified atom stereocenters. The van der Waals surface area contributed by atoms with Gasteiger partial charge in [-0.05, 0) is 84.3 Å². The second-order valence-corrected chi connectivity index (χ2v) is 11.3. The lowest BCUT2D eigenvalue weighted by molar-refractivity contribution is 0.162. The Kier molecular flexibility index (Phi) is 8.20. The summed E-state index contributed by atoms with van der Waals surface area (Å²) in [5.41, 5.74) is 8.56. The highest BCUT2D eigenvalue weighted by Crippen LogP contribution is 2.48. The zero-order chi connectivity index (χ0) is 26.2. The Morgan fingerprint density at radius 2 is 2.05 bits per heavy atom. The van der Waals surface area contributed by atoms with Crippen molar-refractivity contribution in [3.8, 4) is 0 Å². The molecule has 0 aromatic carbocycles. The van der Waals surface area contributed by atoms with Gasteiger partial charge in [-0.1, -0.05) is 59.9 Å². The van der Waals surface area contributed by atoms with E-state index in [1.807, 2.05) is 6.08 Å². The number of piperidine rings is 1. The quantitative estimate of drug-likeness (QED) is 0.389.